The standard InChI is InChI=1S/C6H13NO5.C4H13N3.5C2H4O2/c7-3-5(10)4(9)2(1-8)12-6(3)11;5-1-3-7-4-2-6;5*1-2(3)4/h2-6,8-11H,1,7H2;7H,1-6H2;5*1H3,(H,3,4)/t2-,3-,4-,5-,6?;;;;;;/m1....../s1. The van der Waals surface area contributed by atoms with Gasteiger partial charge in [0.1, 0.15) is 18.3 Å². The molecule has 39 heavy (non-hydrogen) atoms. The van der Waals surface area contributed by atoms with Crippen molar-refractivity contribution in [2.75, 3.05) is 32.8 Å². The monoisotopic (exact) mass is 582 g/mol. The van der Waals surface area contributed by atoms with E-state index < -0.39 is 67.1 Å². The molecule has 1 aliphatic rings. The van der Waals surface area contributed by atoms with Gasteiger partial charge in [0.2, 0.25) is 0 Å². The first-order chi connectivity index (χ1) is 17.6. The summed E-state index contributed by atoms with van der Waals surface area (Å²) in [7, 11) is 0. The molecule has 1 heterocycles. The van der Waals surface area contributed by atoms with Crippen LogP contribution in [0.4, 0.5) is 0 Å². The van der Waals surface area contributed by atoms with Crippen molar-refractivity contribution in [1.29, 1.82) is 0 Å². The second-order valence-electron chi connectivity index (χ2n) is 6.73. The lowest BCUT2D eigenvalue weighted by Crippen LogP contribution is -2.61. The molecular weight excluding hydrogens is 536 g/mol. The van der Waals surface area contributed by atoms with Crippen molar-refractivity contribution in [2.24, 2.45) is 17.2 Å². The van der Waals surface area contributed by atoms with Gasteiger partial charge < -0.3 is 73.2 Å². The van der Waals surface area contributed by atoms with Gasteiger partial charge in [0.25, 0.3) is 29.8 Å². The molecule has 0 amide bonds. The first-order valence-corrected chi connectivity index (χ1v) is 10.8. The Morgan fingerprint density at radius 3 is 1.13 bits per heavy atom. The lowest BCUT2D eigenvalue weighted by Gasteiger charge is -2.38. The number of hydrogen-bond acceptors (Lipinski definition) is 14. The molecular formula is C20H46N4O15. The highest BCUT2D eigenvalue weighted by Crippen LogP contribution is 2.17. The Kier molecular flexibility index (Phi) is 44.0. The number of carboxylic acid groups (broad SMARTS) is 5. The Morgan fingerprint density at radius 1 is 0.667 bits per heavy atom. The Labute approximate surface area is 225 Å². The third-order valence-electron chi connectivity index (χ3n) is 2.59. The zero-order chi connectivity index (χ0) is 32.7. The minimum Gasteiger partial charge on any atom is -0.481 e. The molecule has 236 valence electrons. The van der Waals surface area contributed by atoms with Crippen LogP contribution in [-0.2, 0) is 28.7 Å². The maximum Gasteiger partial charge on any atom is 0.300 e. The molecule has 0 spiro atoms. The summed E-state index contributed by atoms with van der Waals surface area (Å²) in [6.45, 7) is 8.08. The molecule has 1 rings (SSSR count). The highest BCUT2D eigenvalue weighted by atomic mass is 16.6. The first kappa shape index (κ1) is 49.0. The van der Waals surface area contributed by atoms with Gasteiger partial charge in [-0.1, -0.05) is 0 Å². The number of nitrogens with two attached hydrogens (primary N) is 3. The van der Waals surface area contributed by atoms with Crippen LogP contribution >= 0.6 is 0 Å². The van der Waals surface area contributed by atoms with Crippen molar-refractivity contribution < 1.29 is 74.7 Å². The van der Waals surface area contributed by atoms with Crippen molar-refractivity contribution in [1.82, 2.24) is 5.32 Å². The average Bonchev–Trinajstić information content (AvgIpc) is 2.74. The van der Waals surface area contributed by atoms with Crippen molar-refractivity contribution in [3.63, 3.8) is 0 Å². The molecule has 16 N–H and O–H groups in total. The van der Waals surface area contributed by atoms with Crippen LogP contribution in [-0.4, -0.2) is 139 Å². The van der Waals surface area contributed by atoms with E-state index in [1.54, 1.807) is 0 Å². The lowest BCUT2D eigenvalue weighted by molar-refractivity contribution is -0.248. The third-order valence-corrected chi connectivity index (χ3v) is 2.59. The molecule has 1 unspecified atom stereocenters. The molecule has 0 aliphatic carbocycles. The zero-order valence-corrected chi connectivity index (χ0v) is 22.6. The van der Waals surface area contributed by atoms with Crippen molar-refractivity contribution in [2.45, 2.75) is 65.3 Å². The number of ether oxygens (including phenoxy) is 1. The Morgan fingerprint density at radius 2 is 0.923 bits per heavy atom. The van der Waals surface area contributed by atoms with Crippen LogP contribution < -0.4 is 22.5 Å². The number of aliphatic hydroxyl groups is 4. The van der Waals surface area contributed by atoms with Crippen LogP contribution in [0.5, 0.6) is 0 Å². The molecule has 1 fully saturated rings. The van der Waals surface area contributed by atoms with E-state index in [0.717, 1.165) is 47.7 Å². The minimum absolute atomic E-state index is 0.470. The number of nitrogens with one attached hydrogen (secondary N) is 1. The molecule has 5 atom stereocenters. The van der Waals surface area contributed by atoms with Gasteiger partial charge in [0.05, 0.1) is 12.6 Å². The molecule has 0 bridgehead atoms. The van der Waals surface area contributed by atoms with E-state index >= 15 is 0 Å². The Hall–Kier alpha value is -3.01. The predicted molar refractivity (Wildman–Crippen MR) is 135 cm³/mol. The fourth-order valence-corrected chi connectivity index (χ4v) is 1.45. The zero-order valence-electron chi connectivity index (χ0n) is 22.6. The van der Waals surface area contributed by atoms with E-state index in [4.69, 9.17) is 81.7 Å². The third kappa shape index (κ3) is 72.0. The van der Waals surface area contributed by atoms with Crippen LogP contribution in [0.15, 0.2) is 0 Å². The first-order valence-electron chi connectivity index (χ1n) is 10.8. The van der Waals surface area contributed by atoms with Gasteiger partial charge in [-0.3, -0.25) is 24.0 Å². The smallest absolute Gasteiger partial charge is 0.300 e. The van der Waals surface area contributed by atoms with E-state index in [0.29, 0.717) is 13.1 Å². The molecule has 0 radical (unpaired) electrons. The fraction of sp³-hybridized carbons (Fsp3) is 0.750. The van der Waals surface area contributed by atoms with Crippen molar-refractivity contribution in [3.8, 4) is 0 Å². The quantitative estimate of drug-likeness (QED) is 0.136. The van der Waals surface area contributed by atoms with Gasteiger partial charge in [-0.15, -0.1) is 0 Å². The minimum atomic E-state index is -1.35. The van der Waals surface area contributed by atoms with E-state index in [-0.39, 0.29) is 0 Å². The fourth-order valence-electron chi connectivity index (χ4n) is 1.45. The highest BCUT2D eigenvalue weighted by Gasteiger charge is 2.41. The maximum absolute atomic E-state index is 9.20. The Bertz CT molecular complexity index is 528. The van der Waals surface area contributed by atoms with E-state index in [9.17, 15) is 10.2 Å². The normalized spacial score (nSPS) is 20.1. The summed E-state index contributed by atoms with van der Waals surface area (Å²) in [4.78, 5) is 45.0. The second kappa shape index (κ2) is 35.0. The largest absolute Gasteiger partial charge is 0.481 e. The second-order valence-corrected chi connectivity index (χ2v) is 6.73. The molecule has 0 aromatic heterocycles. The number of carboxylic acids is 5. The summed E-state index contributed by atoms with van der Waals surface area (Å²) in [5.74, 6) is -4.17. The van der Waals surface area contributed by atoms with Gasteiger partial charge in [0, 0.05) is 60.8 Å². The molecule has 19 nitrogen and oxygen atoms in total. The number of aliphatic hydroxyl groups excluding tert-OH is 4. The summed E-state index contributed by atoms with van der Waals surface area (Å²) >= 11 is 0. The summed E-state index contributed by atoms with van der Waals surface area (Å²) in [5.41, 5.74) is 15.6. The lowest BCUT2D eigenvalue weighted by atomic mass is 9.98. The van der Waals surface area contributed by atoms with E-state index in [1.165, 1.54) is 0 Å². The maximum atomic E-state index is 9.20. The van der Waals surface area contributed by atoms with Gasteiger partial charge in [-0.25, -0.2) is 0 Å². The molecule has 0 aromatic carbocycles. The number of aliphatic carboxylic acids is 5. The summed E-state index contributed by atoms with van der Waals surface area (Å²) in [5, 5.41) is 76.2. The number of carbonyl (C=O) groups is 5. The molecule has 0 aromatic rings. The molecule has 0 saturated carbocycles. The number of hydrogen-bond donors (Lipinski definition) is 13. The van der Waals surface area contributed by atoms with Crippen LogP contribution in [0.1, 0.15) is 34.6 Å². The molecule has 1 aliphatic heterocycles. The summed E-state index contributed by atoms with van der Waals surface area (Å²) < 4.78 is 4.70. The van der Waals surface area contributed by atoms with Gasteiger partial charge in [-0.2, -0.15) is 0 Å². The van der Waals surface area contributed by atoms with Gasteiger partial charge in [0.15, 0.2) is 6.29 Å². The van der Waals surface area contributed by atoms with Crippen molar-refractivity contribution >= 4 is 29.8 Å². The molecule has 19 heteroatoms. The van der Waals surface area contributed by atoms with E-state index in [2.05, 4.69) is 5.32 Å². The highest BCUT2D eigenvalue weighted by molar-refractivity contribution is 5.63. The van der Waals surface area contributed by atoms with Gasteiger partial charge >= 0.3 is 0 Å². The summed E-state index contributed by atoms with van der Waals surface area (Å²) in [6.07, 6.45) is -4.85. The summed E-state index contributed by atoms with van der Waals surface area (Å²) in [6, 6.07) is -1.04. The van der Waals surface area contributed by atoms with Crippen molar-refractivity contribution in [3.05, 3.63) is 0 Å². The van der Waals surface area contributed by atoms with Crippen LogP contribution in [0, 0.1) is 0 Å². The predicted octanol–water partition coefficient (Wildman–Crippen LogP) is -4.31. The Balaban J connectivity index is -0.0000000875. The van der Waals surface area contributed by atoms with E-state index in [1.807, 2.05) is 0 Å². The van der Waals surface area contributed by atoms with Crippen LogP contribution in [0.25, 0.3) is 0 Å². The SMILES string of the molecule is CC(=O)O.CC(=O)O.CC(=O)O.CC(=O)O.CC(=O)O.NCCNCCN.N[C@H]1C(O)O[C@H](CO)[C@@H](O)[C@@H]1O. The van der Waals surface area contributed by atoms with Gasteiger partial charge in [-0.05, 0) is 0 Å². The average molecular weight is 583 g/mol. The topological polar surface area (TPSA) is 367 Å². The van der Waals surface area contributed by atoms with Crippen LogP contribution in [0.2, 0.25) is 0 Å². The molecule has 1 saturated heterocycles. The number of rotatable bonds is 5. The van der Waals surface area contributed by atoms with Crippen LogP contribution in [0.3, 0.4) is 0 Å².